The fourth-order valence-electron chi connectivity index (χ4n) is 3.54. The van der Waals surface area contributed by atoms with Gasteiger partial charge in [-0.2, -0.15) is 4.31 Å². The van der Waals surface area contributed by atoms with Crippen molar-refractivity contribution in [3.63, 3.8) is 0 Å². The molecule has 27 heavy (non-hydrogen) atoms. The molecule has 1 aliphatic rings. The molecule has 2 aromatic rings. The Hall–Kier alpha value is -2.38. The summed E-state index contributed by atoms with van der Waals surface area (Å²) in [6, 6.07) is 12.2. The Morgan fingerprint density at radius 1 is 1.07 bits per heavy atom. The van der Waals surface area contributed by atoms with Gasteiger partial charge in [-0.25, -0.2) is 8.42 Å². The Morgan fingerprint density at radius 2 is 1.74 bits per heavy atom. The molecule has 1 fully saturated rings. The predicted octanol–water partition coefficient (Wildman–Crippen LogP) is 3.31. The van der Waals surface area contributed by atoms with Gasteiger partial charge in [0.1, 0.15) is 5.75 Å². The second-order valence-corrected chi connectivity index (χ2v) is 9.24. The van der Waals surface area contributed by atoms with Crippen molar-refractivity contribution in [3.05, 3.63) is 54.1 Å². The van der Waals surface area contributed by atoms with Gasteiger partial charge in [-0.15, -0.1) is 0 Å². The van der Waals surface area contributed by atoms with Crippen molar-refractivity contribution in [1.29, 1.82) is 0 Å². The third-order valence-corrected chi connectivity index (χ3v) is 6.50. The lowest BCUT2D eigenvalue weighted by Gasteiger charge is -2.34. The van der Waals surface area contributed by atoms with Gasteiger partial charge in [0, 0.05) is 30.4 Å². The number of hydrogen-bond donors (Lipinski definition) is 2. The quantitative estimate of drug-likeness (QED) is 0.841. The Balaban J connectivity index is 1.83. The number of hydrogen-bond acceptors (Lipinski definition) is 4. The zero-order valence-corrected chi connectivity index (χ0v) is 16.2. The second kappa shape index (κ2) is 7.70. The third-order valence-electron chi connectivity index (χ3n) is 4.67. The van der Waals surface area contributed by atoms with Crippen LogP contribution in [0.5, 0.6) is 5.75 Å². The van der Waals surface area contributed by atoms with E-state index in [4.69, 9.17) is 0 Å². The van der Waals surface area contributed by atoms with Crippen molar-refractivity contribution in [2.75, 3.05) is 18.4 Å². The van der Waals surface area contributed by atoms with E-state index in [1.54, 1.807) is 24.3 Å². The maximum Gasteiger partial charge on any atom is 0.255 e. The van der Waals surface area contributed by atoms with E-state index in [0.29, 0.717) is 30.6 Å². The molecule has 1 aliphatic heterocycles. The molecule has 144 valence electrons. The van der Waals surface area contributed by atoms with Gasteiger partial charge < -0.3 is 10.4 Å². The molecule has 1 saturated heterocycles. The summed E-state index contributed by atoms with van der Waals surface area (Å²) in [5, 5.41) is 12.2. The van der Waals surface area contributed by atoms with Crippen LogP contribution in [-0.2, 0) is 10.0 Å². The van der Waals surface area contributed by atoms with E-state index in [9.17, 15) is 18.3 Å². The molecule has 0 aliphatic carbocycles. The van der Waals surface area contributed by atoms with Crippen LogP contribution in [0, 0.1) is 11.8 Å². The van der Waals surface area contributed by atoms with Crippen molar-refractivity contribution in [3.8, 4) is 5.75 Å². The number of piperidine rings is 1. The van der Waals surface area contributed by atoms with Crippen LogP contribution in [-0.4, -0.2) is 36.8 Å². The van der Waals surface area contributed by atoms with Crippen LogP contribution in [0.4, 0.5) is 5.69 Å². The molecule has 1 amide bonds. The number of nitrogens with zero attached hydrogens (tertiary/aromatic N) is 1. The predicted molar refractivity (Wildman–Crippen MR) is 104 cm³/mol. The number of benzene rings is 2. The molecular weight excluding hydrogens is 364 g/mol. The number of anilines is 1. The first-order chi connectivity index (χ1) is 12.8. The van der Waals surface area contributed by atoms with Crippen LogP contribution in [0.15, 0.2) is 53.4 Å². The van der Waals surface area contributed by atoms with Gasteiger partial charge in [0.2, 0.25) is 10.0 Å². The molecule has 2 atom stereocenters. The average Bonchev–Trinajstić information content (AvgIpc) is 2.61. The molecular formula is C20H24N2O4S. The lowest BCUT2D eigenvalue weighted by atomic mass is 9.94. The zero-order valence-electron chi connectivity index (χ0n) is 15.4. The minimum Gasteiger partial charge on any atom is -0.508 e. The van der Waals surface area contributed by atoms with E-state index in [-0.39, 0.29) is 16.2 Å². The summed E-state index contributed by atoms with van der Waals surface area (Å²) in [6.07, 6.45) is 1.01. The molecule has 3 rings (SSSR count). The smallest absolute Gasteiger partial charge is 0.255 e. The summed E-state index contributed by atoms with van der Waals surface area (Å²) < 4.78 is 27.5. The maximum absolute atomic E-state index is 13.0. The number of aromatic hydroxyl groups is 1. The number of amides is 1. The fourth-order valence-corrected chi connectivity index (χ4v) is 5.26. The SMILES string of the molecule is CC1CC(C)CN(S(=O)(=O)c2cccc(C(=O)Nc3cccc(O)c3)c2)C1. The second-order valence-electron chi connectivity index (χ2n) is 7.30. The molecule has 2 unspecified atom stereocenters. The van der Waals surface area contributed by atoms with E-state index in [0.717, 1.165) is 6.42 Å². The number of nitrogens with one attached hydrogen (secondary N) is 1. The average molecular weight is 388 g/mol. The number of phenols is 1. The van der Waals surface area contributed by atoms with Crippen LogP contribution < -0.4 is 5.32 Å². The minimum atomic E-state index is -3.65. The van der Waals surface area contributed by atoms with Gasteiger partial charge >= 0.3 is 0 Å². The minimum absolute atomic E-state index is 0.0393. The van der Waals surface area contributed by atoms with Gasteiger partial charge in [0.25, 0.3) is 5.91 Å². The van der Waals surface area contributed by atoms with E-state index in [1.165, 1.54) is 28.6 Å². The first kappa shape index (κ1) is 19.4. The maximum atomic E-state index is 13.0. The van der Waals surface area contributed by atoms with Gasteiger partial charge in [-0.05, 0) is 48.6 Å². The van der Waals surface area contributed by atoms with Gasteiger partial charge in [-0.3, -0.25) is 4.79 Å². The molecule has 2 N–H and O–H groups in total. The number of phenolic OH excluding ortho intramolecular Hbond substituents is 1. The topological polar surface area (TPSA) is 86.7 Å². The van der Waals surface area contributed by atoms with Crippen molar-refractivity contribution in [2.45, 2.75) is 25.2 Å². The Kier molecular flexibility index (Phi) is 5.53. The molecule has 1 heterocycles. The van der Waals surface area contributed by atoms with Crippen LogP contribution in [0.3, 0.4) is 0 Å². The highest BCUT2D eigenvalue weighted by Gasteiger charge is 2.31. The number of carbonyl (C=O) groups excluding carboxylic acids is 1. The van der Waals surface area contributed by atoms with E-state index in [2.05, 4.69) is 19.2 Å². The van der Waals surface area contributed by atoms with Crippen LogP contribution in [0.2, 0.25) is 0 Å². The Labute approximate surface area is 159 Å². The highest BCUT2D eigenvalue weighted by molar-refractivity contribution is 7.89. The highest BCUT2D eigenvalue weighted by atomic mass is 32.2. The normalized spacial score (nSPS) is 21.0. The van der Waals surface area contributed by atoms with E-state index >= 15 is 0 Å². The Bertz CT molecular complexity index is 933. The molecule has 6 nitrogen and oxygen atoms in total. The Morgan fingerprint density at radius 3 is 2.41 bits per heavy atom. The summed E-state index contributed by atoms with van der Waals surface area (Å²) in [7, 11) is -3.65. The first-order valence-corrected chi connectivity index (χ1v) is 10.4. The summed E-state index contributed by atoms with van der Waals surface area (Å²) >= 11 is 0. The van der Waals surface area contributed by atoms with Gasteiger partial charge in [0.05, 0.1) is 4.90 Å². The zero-order chi connectivity index (χ0) is 19.6. The monoisotopic (exact) mass is 388 g/mol. The fraction of sp³-hybridized carbons (Fsp3) is 0.350. The molecule has 2 aromatic carbocycles. The van der Waals surface area contributed by atoms with Crippen LogP contribution in [0.25, 0.3) is 0 Å². The van der Waals surface area contributed by atoms with Crippen molar-refractivity contribution >= 4 is 21.6 Å². The molecule has 0 spiro atoms. The lowest BCUT2D eigenvalue weighted by molar-refractivity contribution is 0.102. The summed E-state index contributed by atoms with van der Waals surface area (Å²) in [6.45, 7) is 5.09. The number of sulfonamides is 1. The first-order valence-electron chi connectivity index (χ1n) is 8.96. The van der Waals surface area contributed by atoms with Crippen LogP contribution >= 0.6 is 0 Å². The number of rotatable bonds is 4. The summed E-state index contributed by atoms with van der Waals surface area (Å²) in [4.78, 5) is 12.6. The highest BCUT2D eigenvalue weighted by Crippen LogP contribution is 2.27. The molecule has 0 aromatic heterocycles. The third kappa shape index (κ3) is 4.48. The van der Waals surface area contributed by atoms with Gasteiger partial charge in [-0.1, -0.05) is 26.0 Å². The van der Waals surface area contributed by atoms with Gasteiger partial charge in [0.15, 0.2) is 0 Å². The van der Waals surface area contributed by atoms with Crippen LogP contribution in [0.1, 0.15) is 30.6 Å². The van der Waals surface area contributed by atoms with Crippen molar-refractivity contribution in [1.82, 2.24) is 4.31 Å². The molecule has 0 radical (unpaired) electrons. The molecule has 7 heteroatoms. The lowest BCUT2D eigenvalue weighted by Crippen LogP contribution is -2.42. The summed E-state index contributed by atoms with van der Waals surface area (Å²) in [5.74, 6) is 0.219. The molecule has 0 saturated carbocycles. The van der Waals surface area contributed by atoms with Crippen molar-refractivity contribution < 1.29 is 18.3 Å². The number of carbonyl (C=O) groups is 1. The largest absolute Gasteiger partial charge is 0.508 e. The summed E-state index contributed by atoms with van der Waals surface area (Å²) in [5.41, 5.74) is 0.685. The van der Waals surface area contributed by atoms with E-state index < -0.39 is 15.9 Å². The van der Waals surface area contributed by atoms with Crippen molar-refractivity contribution in [2.24, 2.45) is 11.8 Å². The van der Waals surface area contributed by atoms with E-state index in [1.807, 2.05) is 0 Å². The standard InChI is InChI=1S/C20H24N2O4S/c1-14-9-15(2)13-22(12-14)27(25,26)19-8-3-5-16(10-19)20(24)21-17-6-4-7-18(23)11-17/h3-8,10-11,14-15,23H,9,12-13H2,1-2H3,(H,21,24). The molecule has 0 bridgehead atoms.